The number of nitrogens with zero attached hydrogens (tertiary/aromatic N) is 1. The van der Waals surface area contributed by atoms with E-state index in [1.807, 2.05) is 4.83 Å². The van der Waals surface area contributed by atoms with Crippen LogP contribution in [0.4, 0.5) is 0 Å². The molecule has 51 heavy (non-hydrogen) atoms. The first kappa shape index (κ1) is 38.1. The molecule has 6 rings (SSSR count). The number of carbonyl (C=O) groups excluding carboxylic acids is 2. The van der Waals surface area contributed by atoms with Crippen molar-refractivity contribution >= 4 is 39.7 Å². The van der Waals surface area contributed by atoms with Crippen LogP contribution in [0.15, 0.2) is 52.5 Å². The van der Waals surface area contributed by atoms with Crippen LogP contribution in [0.2, 0.25) is 0 Å². The van der Waals surface area contributed by atoms with E-state index >= 15 is 0 Å². The number of aromatic hydroxyl groups is 2. The number of benzene rings is 3. The van der Waals surface area contributed by atoms with E-state index < -0.39 is 106 Å². The molecule has 2 aliphatic carbocycles. The van der Waals surface area contributed by atoms with Crippen LogP contribution < -0.4 is 15.3 Å². The molecule has 1 saturated heterocycles. The first-order valence-corrected chi connectivity index (χ1v) is 17.2. The number of phenols is 2. The van der Waals surface area contributed by atoms with E-state index in [9.17, 15) is 43.5 Å². The third-order valence-electron chi connectivity index (χ3n) is 9.46. The third-order valence-corrected chi connectivity index (χ3v) is 10.7. The second-order valence-corrected chi connectivity index (χ2v) is 14.4. The number of hydrogen-bond acceptors (Lipinski definition) is 14. The zero-order valence-electron chi connectivity index (χ0n) is 27.7. The lowest BCUT2D eigenvalue weighted by molar-refractivity contribution is -0.245. The van der Waals surface area contributed by atoms with E-state index in [-0.39, 0.29) is 51.7 Å². The van der Waals surface area contributed by atoms with Crippen molar-refractivity contribution < 1.29 is 57.8 Å². The Labute approximate surface area is 299 Å². The van der Waals surface area contributed by atoms with E-state index in [1.165, 1.54) is 37.4 Å². The zero-order chi connectivity index (χ0) is 36.3. The molecule has 3 aromatic rings. The number of ketones is 2. The molecule has 4 unspecified atom stereocenters. The Morgan fingerprint density at radius 1 is 1.08 bits per heavy atom. The van der Waals surface area contributed by atoms with Crippen LogP contribution in [-0.4, -0.2) is 95.1 Å². The van der Waals surface area contributed by atoms with Crippen molar-refractivity contribution in [2.45, 2.75) is 74.3 Å². The van der Waals surface area contributed by atoms with Crippen LogP contribution in [0, 0.1) is 6.92 Å². The first-order valence-electron chi connectivity index (χ1n) is 15.7. The number of aliphatic hydroxyl groups excluding tert-OH is 2. The predicted octanol–water partition coefficient (Wildman–Crippen LogP) is 1.50. The molecule has 0 amide bonds. The van der Waals surface area contributed by atoms with Gasteiger partial charge in [0.25, 0.3) is 10.0 Å². The number of aliphatic hydroxyl groups is 3. The molecule has 1 fully saturated rings. The summed E-state index contributed by atoms with van der Waals surface area (Å²) in [5.74, 6) is -2.99. The number of aryl methyl sites for hydroxylation is 1. The van der Waals surface area contributed by atoms with E-state index in [0.717, 1.165) is 5.56 Å². The maximum Gasteiger partial charge on any atom is 0.276 e. The molecule has 8 N–H and O–H groups in total. The Hall–Kier alpha value is -4.13. The number of methoxy groups -OCH3 is 1. The summed E-state index contributed by atoms with van der Waals surface area (Å²) in [7, 11) is -2.96. The molecule has 0 saturated carbocycles. The van der Waals surface area contributed by atoms with Crippen molar-refractivity contribution in [3.63, 3.8) is 0 Å². The average Bonchev–Trinajstić information content (AvgIpc) is 3.07. The largest absolute Gasteiger partial charge is 0.507 e. The molecule has 0 aromatic heterocycles. The van der Waals surface area contributed by atoms with Crippen molar-refractivity contribution in [3.8, 4) is 17.2 Å². The first-order chi connectivity index (χ1) is 23.6. The SMILES string of the molecule is COc1cccc2c1C(=O)c1c(O)c3c(c(O)c1C2=O)C[C@@](O)(/C(CO)=N/NS(=O)(=O)c1ccc(C)cc1)C[C@@H]3OC1CC(N)C(O)C(C)O1.Cl. The normalized spacial score (nSPS) is 26.0. The molecule has 274 valence electrons. The Bertz CT molecular complexity index is 2010. The van der Waals surface area contributed by atoms with Crippen molar-refractivity contribution in [2.75, 3.05) is 13.7 Å². The summed E-state index contributed by atoms with van der Waals surface area (Å²) in [6.45, 7) is 2.38. The van der Waals surface area contributed by atoms with Gasteiger partial charge in [-0.25, -0.2) is 0 Å². The summed E-state index contributed by atoms with van der Waals surface area (Å²) >= 11 is 0. The molecule has 15 nitrogen and oxygen atoms in total. The van der Waals surface area contributed by atoms with Gasteiger partial charge in [0.2, 0.25) is 5.78 Å². The molecule has 1 heterocycles. The lowest BCUT2D eigenvalue weighted by Gasteiger charge is -2.43. The van der Waals surface area contributed by atoms with Gasteiger partial charge in [0.05, 0.1) is 59.3 Å². The van der Waals surface area contributed by atoms with E-state index in [2.05, 4.69) is 5.10 Å². The minimum atomic E-state index is -4.27. The highest BCUT2D eigenvalue weighted by molar-refractivity contribution is 7.89. The van der Waals surface area contributed by atoms with Crippen LogP contribution in [0.3, 0.4) is 0 Å². The summed E-state index contributed by atoms with van der Waals surface area (Å²) < 4.78 is 43.4. The number of ether oxygens (including phenoxy) is 3. The average molecular weight is 748 g/mol. The van der Waals surface area contributed by atoms with Crippen LogP contribution in [-0.2, 0) is 25.9 Å². The Morgan fingerprint density at radius 2 is 1.75 bits per heavy atom. The smallest absolute Gasteiger partial charge is 0.276 e. The molecule has 3 aromatic carbocycles. The molecule has 6 atom stereocenters. The van der Waals surface area contributed by atoms with Crippen LogP contribution in [0.25, 0.3) is 0 Å². The fourth-order valence-electron chi connectivity index (χ4n) is 6.78. The number of nitrogens with one attached hydrogen (secondary N) is 1. The van der Waals surface area contributed by atoms with E-state index in [0.29, 0.717) is 0 Å². The monoisotopic (exact) mass is 747 g/mol. The Balaban J connectivity index is 0.00000504. The summed E-state index contributed by atoms with van der Waals surface area (Å²) in [5, 5.41) is 60.2. The lowest BCUT2D eigenvalue weighted by atomic mass is 9.71. The number of hydrogen-bond donors (Lipinski definition) is 7. The van der Waals surface area contributed by atoms with Gasteiger partial charge in [-0.2, -0.15) is 18.4 Å². The van der Waals surface area contributed by atoms with Gasteiger partial charge in [-0.05, 0) is 32.0 Å². The molecular weight excluding hydrogens is 710 g/mol. The standard InChI is InChI=1S/C34H37N3O12S.ClH/c1-15-7-9-17(10-8-15)50(45,46)37-36-23(14-38)34(44)12-19-26(22(13-34)49-24-11-20(35)29(39)16(2)48-24)33(43)28-27(31(19)41)30(40)18-5-4-6-21(47-3)25(18)32(28)42;/h4-10,16,20,22,24,29,37-39,41,43-44H,11-14,35H2,1-3H3;1H/b36-23+;/t16?,20?,22-,24?,29?,34-;/m0./s1. The van der Waals surface area contributed by atoms with Gasteiger partial charge in [0.1, 0.15) is 22.8 Å². The summed E-state index contributed by atoms with van der Waals surface area (Å²) in [4.78, 5) is 29.6. The predicted molar refractivity (Wildman–Crippen MR) is 183 cm³/mol. The molecule has 1 aliphatic heterocycles. The summed E-state index contributed by atoms with van der Waals surface area (Å²) in [6, 6.07) is 9.40. The molecular formula is C34H38ClN3O12S. The minimum absolute atomic E-state index is 0. The maximum absolute atomic E-state index is 13.9. The van der Waals surface area contributed by atoms with Crippen LogP contribution >= 0.6 is 12.4 Å². The van der Waals surface area contributed by atoms with Crippen LogP contribution in [0.1, 0.15) is 74.4 Å². The number of carbonyl (C=O) groups is 2. The number of nitrogens with two attached hydrogens (primary N) is 1. The fourth-order valence-corrected chi connectivity index (χ4v) is 7.61. The second-order valence-electron chi connectivity index (χ2n) is 12.7. The van der Waals surface area contributed by atoms with Gasteiger partial charge in [-0.3, -0.25) is 9.59 Å². The quantitative estimate of drug-likeness (QED) is 0.0768. The van der Waals surface area contributed by atoms with Gasteiger partial charge in [-0.1, -0.05) is 29.8 Å². The summed E-state index contributed by atoms with van der Waals surface area (Å²) in [6.07, 6.45) is -5.51. The van der Waals surface area contributed by atoms with Gasteiger partial charge in [0, 0.05) is 42.0 Å². The van der Waals surface area contributed by atoms with Crippen molar-refractivity contribution in [1.82, 2.24) is 4.83 Å². The highest BCUT2D eigenvalue weighted by atomic mass is 35.5. The third kappa shape index (κ3) is 6.58. The summed E-state index contributed by atoms with van der Waals surface area (Å²) in [5.41, 5.74) is 2.57. The van der Waals surface area contributed by atoms with Gasteiger partial charge < -0.3 is 45.5 Å². The number of fused-ring (bicyclic) bond motifs is 3. The van der Waals surface area contributed by atoms with Crippen LogP contribution in [0.5, 0.6) is 17.2 Å². The van der Waals surface area contributed by atoms with Gasteiger partial charge >= 0.3 is 0 Å². The zero-order valence-corrected chi connectivity index (χ0v) is 29.3. The molecule has 0 bridgehead atoms. The van der Waals surface area contributed by atoms with Gasteiger partial charge in [0.15, 0.2) is 12.1 Å². The molecule has 17 heteroatoms. The van der Waals surface area contributed by atoms with E-state index in [1.54, 1.807) is 26.0 Å². The Morgan fingerprint density at radius 3 is 2.37 bits per heavy atom. The highest BCUT2D eigenvalue weighted by Gasteiger charge is 2.49. The van der Waals surface area contributed by atoms with E-state index in [4.69, 9.17) is 19.9 Å². The number of sulfonamides is 1. The second kappa shape index (κ2) is 14.1. The highest BCUT2D eigenvalue weighted by Crippen LogP contribution is 2.52. The number of phenolic OH excluding ortho intramolecular Hbond substituents is 2. The van der Waals surface area contributed by atoms with Crippen molar-refractivity contribution in [3.05, 3.63) is 81.4 Å². The van der Waals surface area contributed by atoms with Crippen molar-refractivity contribution in [2.24, 2.45) is 10.8 Å². The number of halogens is 1. The van der Waals surface area contributed by atoms with Gasteiger partial charge in [-0.15, -0.1) is 12.4 Å². The molecule has 0 spiro atoms. The Kier molecular flexibility index (Phi) is 10.6. The maximum atomic E-state index is 13.9. The topological polar surface area (TPSA) is 248 Å². The van der Waals surface area contributed by atoms with Crippen molar-refractivity contribution in [1.29, 1.82) is 0 Å². The fraction of sp³-hybridized carbons (Fsp3) is 0.382. The minimum Gasteiger partial charge on any atom is -0.507 e. The molecule has 0 radical (unpaired) electrons. The lowest BCUT2D eigenvalue weighted by Crippen LogP contribution is -2.53. The molecule has 3 aliphatic rings. The number of hydrazone groups is 1. The number of rotatable bonds is 8.